The highest BCUT2D eigenvalue weighted by molar-refractivity contribution is 6.30. The maximum Gasteiger partial charge on any atom is 0.131 e. The van der Waals surface area contributed by atoms with Gasteiger partial charge in [-0.1, -0.05) is 11.6 Å². The van der Waals surface area contributed by atoms with E-state index >= 15 is 0 Å². The zero-order valence-corrected chi connectivity index (χ0v) is 10.9. The fourth-order valence-electron chi connectivity index (χ4n) is 2.25. The van der Waals surface area contributed by atoms with Crippen molar-refractivity contribution < 1.29 is 0 Å². The molecule has 1 atom stereocenters. The number of nitrogens with one attached hydrogen (secondary N) is 1. The molecule has 0 spiro atoms. The van der Waals surface area contributed by atoms with Crippen LogP contribution in [0.3, 0.4) is 0 Å². The molecular weight excluding hydrogens is 224 g/mol. The molecule has 1 aliphatic rings. The number of halogens is 1. The van der Waals surface area contributed by atoms with Gasteiger partial charge in [0.05, 0.1) is 5.69 Å². The fraction of sp³-hybridized carbons (Fsp3) is 0.727. The van der Waals surface area contributed by atoms with Gasteiger partial charge < -0.3 is 5.32 Å². The van der Waals surface area contributed by atoms with Crippen LogP contribution in [0, 0.1) is 6.92 Å². The summed E-state index contributed by atoms with van der Waals surface area (Å²) in [4.78, 5) is 2.36. The van der Waals surface area contributed by atoms with E-state index in [0.717, 1.165) is 36.0 Å². The van der Waals surface area contributed by atoms with Crippen molar-refractivity contribution in [2.45, 2.75) is 25.9 Å². The third kappa shape index (κ3) is 2.24. The second kappa shape index (κ2) is 4.73. The third-order valence-corrected chi connectivity index (χ3v) is 3.81. The number of likely N-dealkylation sites (N-methyl/N-ethyl adjacent to an activating group) is 1. The molecule has 1 N–H and O–H groups in total. The number of nitrogens with zero attached hydrogens (tertiary/aromatic N) is 3. The molecule has 0 bridgehead atoms. The van der Waals surface area contributed by atoms with E-state index in [1.54, 1.807) is 4.68 Å². The predicted octanol–water partition coefficient (Wildman–Crippen LogP) is 1.18. The number of rotatable bonds is 3. The summed E-state index contributed by atoms with van der Waals surface area (Å²) in [6, 6.07) is 0.621. The largest absolute Gasteiger partial charge is 0.315 e. The zero-order chi connectivity index (χ0) is 11.7. The van der Waals surface area contributed by atoms with E-state index < -0.39 is 0 Å². The summed E-state index contributed by atoms with van der Waals surface area (Å²) in [5, 5.41) is 8.47. The molecule has 0 aliphatic carbocycles. The Morgan fingerprint density at radius 2 is 2.38 bits per heavy atom. The summed E-state index contributed by atoms with van der Waals surface area (Å²) in [5.41, 5.74) is 2.18. The van der Waals surface area contributed by atoms with Crippen molar-refractivity contribution in [3.05, 3.63) is 16.4 Å². The summed E-state index contributed by atoms with van der Waals surface area (Å²) in [6.45, 7) is 5.09. The SMILES string of the molecule is Cc1nn(C)c(Cl)c1CN(C)C1CCNC1. The first kappa shape index (κ1) is 11.9. The van der Waals surface area contributed by atoms with Gasteiger partial charge >= 0.3 is 0 Å². The van der Waals surface area contributed by atoms with Crippen molar-refractivity contribution in [2.75, 3.05) is 20.1 Å². The molecule has 0 radical (unpaired) electrons. The van der Waals surface area contributed by atoms with Crippen LogP contribution in [0.15, 0.2) is 0 Å². The molecule has 1 aliphatic heterocycles. The molecule has 0 saturated carbocycles. The van der Waals surface area contributed by atoms with Gasteiger partial charge in [-0.05, 0) is 26.9 Å². The Bertz CT molecular complexity index is 368. The monoisotopic (exact) mass is 242 g/mol. The second-order valence-corrected chi connectivity index (χ2v) is 4.90. The smallest absolute Gasteiger partial charge is 0.131 e. The molecule has 2 rings (SSSR count). The molecule has 1 unspecified atom stereocenters. The Hall–Kier alpha value is -0.580. The summed E-state index contributed by atoms with van der Waals surface area (Å²) in [5.74, 6) is 0. The van der Waals surface area contributed by atoms with Gasteiger partial charge in [0.15, 0.2) is 0 Å². The van der Waals surface area contributed by atoms with Crippen molar-refractivity contribution in [1.82, 2.24) is 20.0 Å². The number of aryl methyl sites for hydroxylation is 2. The average molecular weight is 243 g/mol. The number of hydrogen-bond donors (Lipinski definition) is 1. The molecule has 1 fully saturated rings. The minimum atomic E-state index is 0.621. The quantitative estimate of drug-likeness (QED) is 0.864. The highest BCUT2D eigenvalue weighted by atomic mass is 35.5. The first-order valence-electron chi connectivity index (χ1n) is 5.68. The van der Waals surface area contributed by atoms with Crippen molar-refractivity contribution >= 4 is 11.6 Å². The molecule has 1 aromatic heterocycles. The van der Waals surface area contributed by atoms with Crippen LogP contribution in [0.1, 0.15) is 17.7 Å². The lowest BCUT2D eigenvalue weighted by Gasteiger charge is -2.23. The number of hydrogen-bond acceptors (Lipinski definition) is 3. The van der Waals surface area contributed by atoms with Crippen molar-refractivity contribution in [2.24, 2.45) is 7.05 Å². The van der Waals surface area contributed by atoms with Crippen LogP contribution >= 0.6 is 11.6 Å². The normalized spacial score (nSPS) is 20.9. The van der Waals surface area contributed by atoms with Crippen molar-refractivity contribution in [3.63, 3.8) is 0 Å². The maximum atomic E-state index is 6.22. The summed E-state index contributed by atoms with van der Waals surface area (Å²) >= 11 is 6.22. The molecular formula is C11H19ClN4. The van der Waals surface area contributed by atoms with Gasteiger partial charge in [0.2, 0.25) is 0 Å². The van der Waals surface area contributed by atoms with Crippen LogP contribution in [0.2, 0.25) is 5.15 Å². The lowest BCUT2D eigenvalue weighted by molar-refractivity contribution is 0.248. The van der Waals surface area contributed by atoms with Gasteiger partial charge in [0, 0.05) is 31.7 Å². The van der Waals surface area contributed by atoms with Crippen molar-refractivity contribution in [1.29, 1.82) is 0 Å². The van der Waals surface area contributed by atoms with Crippen molar-refractivity contribution in [3.8, 4) is 0 Å². The van der Waals surface area contributed by atoms with E-state index in [1.807, 2.05) is 14.0 Å². The van der Waals surface area contributed by atoms with Gasteiger partial charge in [-0.3, -0.25) is 9.58 Å². The van der Waals surface area contributed by atoms with Gasteiger partial charge in [-0.25, -0.2) is 0 Å². The van der Waals surface area contributed by atoms with Crippen LogP contribution in [-0.2, 0) is 13.6 Å². The Morgan fingerprint density at radius 1 is 1.62 bits per heavy atom. The van der Waals surface area contributed by atoms with Crippen LogP contribution in [0.25, 0.3) is 0 Å². The Kier molecular flexibility index (Phi) is 3.52. The molecule has 1 saturated heterocycles. The fourth-order valence-corrected chi connectivity index (χ4v) is 2.48. The molecule has 0 amide bonds. The van der Waals surface area contributed by atoms with E-state index in [4.69, 9.17) is 11.6 Å². The van der Waals surface area contributed by atoms with E-state index in [0.29, 0.717) is 6.04 Å². The summed E-state index contributed by atoms with van der Waals surface area (Å²) in [7, 11) is 4.04. The van der Waals surface area contributed by atoms with E-state index in [-0.39, 0.29) is 0 Å². The maximum absolute atomic E-state index is 6.22. The van der Waals surface area contributed by atoms with Gasteiger partial charge in [0.1, 0.15) is 5.15 Å². The zero-order valence-electron chi connectivity index (χ0n) is 10.1. The highest BCUT2D eigenvalue weighted by Crippen LogP contribution is 2.21. The highest BCUT2D eigenvalue weighted by Gasteiger charge is 2.21. The minimum absolute atomic E-state index is 0.621. The van der Waals surface area contributed by atoms with Crippen LogP contribution in [0.4, 0.5) is 0 Å². The van der Waals surface area contributed by atoms with Gasteiger partial charge in [-0.2, -0.15) is 5.10 Å². The Labute approximate surface area is 102 Å². The number of aromatic nitrogens is 2. The summed E-state index contributed by atoms with van der Waals surface area (Å²) in [6.07, 6.45) is 1.22. The van der Waals surface area contributed by atoms with Crippen LogP contribution in [-0.4, -0.2) is 40.9 Å². The first-order valence-corrected chi connectivity index (χ1v) is 6.06. The lowest BCUT2D eigenvalue weighted by atomic mass is 10.2. The molecule has 5 heteroatoms. The molecule has 4 nitrogen and oxygen atoms in total. The first-order chi connectivity index (χ1) is 7.59. The molecule has 0 aromatic carbocycles. The summed E-state index contributed by atoms with van der Waals surface area (Å²) < 4.78 is 1.74. The average Bonchev–Trinajstić information content (AvgIpc) is 2.83. The molecule has 1 aromatic rings. The van der Waals surface area contributed by atoms with Gasteiger partial charge in [-0.15, -0.1) is 0 Å². The molecule has 2 heterocycles. The third-order valence-electron chi connectivity index (χ3n) is 3.34. The standard InChI is InChI=1S/C11H19ClN4/c1-8-10(11(12)16(3)14-8)7-15(2)9-4-5-13-6-9/h9,13H,4-7H2,1-3H3. The second-order valence-electron chi connectivity index (χ2n) is 4.54. The Balaban J connectivity index is 2.07. The topological polar surface area (TPSA) is 33.1 Å². The molecule has 90 valence electrons. The lowest BCUT2D eigenvalue weighted by Crippen LogP contribution is -2.33. The predicted molar refractivity (Wildman–Crippen MR) is 65.7 cm³/mol. The van der Waals surface area contributed by atoms with Gasteiger partial charge in [0.25, 0.3) is 0 Å². The van der Waals surface area contributed by atoms with E-state index in [2.05, 4.69) is 22.4 Å². The Morgan fingerprint density at radius 3 is 2.88 bits per heavy atom. The van der Waals surface area contributed by atoms with Crippen LogP contribution < -0.4 is 5.32 Å². The minimum Gasteiger partial charge on any atom is -0.315 e. The van der Waals surface area contributed by atoms with E-state index in [9.17, 15) is 0 Å². The van der Waals surface area contributed by atoms with E-state index in [1.165, 1.54) is 6.42 Å². The van der Waals surface area contributed by atoms with Crippen LogP contribution in [0.5, 0.6) is 0 Å². The molecule has 16 heavy (non-hydrogen) atoms.